The van der Waals surface area contributed by atoms with E-state index in [4.69, 9.17) is 28.4 Å². The minimum absolute atomic E-state index is 0.133. The zero-order valence-electron chi connectivity index (χ0n) is 34.2. The fourth-order valence-corrected chi connectivity index (χ4v) is 8.74. The molecule has 306 valence electrons. The summed E-state index contributed by atoms with van der Waals surface area (Å²) < 4.78 is 37.5. The van der Waals surface area contributed by atoms with Crippen molar-refractivity contribution in [3.8, 4) is 0 Å². The fraction of sp³-hybridized carbons (Fsp3) is 0.974. The Labute approximate surface area is 312 Å². The van der Waals surface area contributed by atoms with E-state index in [0.717, 1.165) is 0 Å². The number of methoxy groups -OCH3 is 1. The predicted molar refractivity (Wildman–Crippen MR) is 194 cm³/mol. The topological polar surface area (TPSA) is 180 Å². The maximum atomic E-state index is 14.2. The van der Waals surface area contributed by atoms with Crippen molar-refractivity contribution < 1.29 is 58.7 Å². The number of rotatable bonds is 7. The van der Waals surface area contributed by atoms with Crippen molar-refractivity contribution in [3.63, 3.8) is 0 Å². The summed E-state index contributed by atoms with van der Waals surface area (Å²) in [6.07, 6.45) is -8.19. The Hall–Kier alpha value is -1.01. The third-order valence-electron chi connectivity index (χ3n) is 12.2. The van der Waals surface area contributed by atoms with E-state index in [2.05, 4.69) is 0 Å². The van der Waals surface area contributed by atoms with Gasteiger partial charge in [0.05, 0.1) is 41.5 Å². The SMILES string of the molecule is CC[C@H]1OC(=O)[C@H](C)[C@H](O[C@@H]2C[C@](C)(OC)[C@H](O)[C@H](C)O2)[C@H](C)[C@@H](O[C@H]2O[C@H](C)C[C@H](N(C)C)[C@@H]2O)[C@](C)(O)C[C@@H](C)CN(C)[C@H](C)[C@@H](O)[C@]1(C)O. The van der Waals surface area contributed by atoms with E-state index in [-0.39, 0.29) is 37.3 Å². The minimum atomic E-state index is -1.80. The van der Waals surface area contributed by atoms with E-state index in [1.807, 2.05) is 51.7 Å². The van der Waals surface area contributed by atoms with Crippen LogP contribution in [0.25, 0.3) is 0 Å². The van der Waals surface area contributed by atoms with E-state index >= 15 is 0 Å². The zero-order chi connectivity index (χ0) is 39.7. The van der Waals surface area contributed by atoms with Crippen LogP contribution in [0.1, 0.15) is 94.9 Å². The lowest BCUT2D eigenvalue weighted by Crippen LogP contribution is -2.60. The van der Waals surface area contributed by atoms with Crippen LogP contribution < -0.4 is 0 Å². The number of cyclic esters (lactones) is 1. The average Bonchev–Trinajstić information content (AvgIpc) is 3.05. The summed E-state index contributed by atoms with van der Waals surface area (Å²) >= 11 is 0. The minimum Gasteiger partial charge on any atom is -0.459 e. The molecule has 3 aliphatic heterocycles. The van der Waals surface area contributed by atoms with Gasteiger partial charge in [-0.3, -0.25) is 4.79 Å². The lowest BCUT2D eigenvalue weighted by molar-refractivity contribution is -0.318. The summed E-state index contributed by atoms with van der Waals surface area (Å²) in [6, 6.07) is -0.808. The van der Waals surface area contributed by atoms with Crippen LogP contribution in [0.4, 0.5) is 0 Å². The normalized spacial score (nSPS) is 49.6. The number of nitrogens with zero attached hydrogens (tertiary/aromatic N) is 2. The van der Waals surface area contributed by atoms with Crippen molar-refractivity contribution in [1.82, 2.24) is 9.80 Å². The third kappa shape index (κ3) is 10.0. The molecule has 3 saturated heterocycles. The zero-order valence-corrected chi connectivity index (χ0v) is 34.2. The lowest BCUT2D eigenvalue weighted by atomic mass is 9.77. The number of carbonyl (C=O) groups excluding carboxylic acids is 1. The molecule has 0 saturated carbocycles. The molecule has 0 unspecified atom stereocenters. The second kappa shape index (κ2) is 17.8. The highest BCUT2D eigenvalue weighted by atomic mass is 16.7. The Bertz CT molecular complexity index is 1140. The molecule has 3 aliphatic rings. The molecule has 0 radical (unpaired) electrons. The van der Waals surface area contributed by atoms with Gasteiger partial charge in [-0.15, -0.1) is 0 Å². The number of aliphatic hydroxyl groups is 5. The Kier molecular flexibility index (Phi) is 15.6. The molecule has 3 fully saturated rings. The van der Waals surface area contributed by atoms with Crippen LogP contribution in [-0.4, -0.2) is 166 Å². The molecule has 14 heteroatoms. The number of esters is 1. The van der Waals surface area contributed by atoms with Crippen molar-refractivity contribution in [2.45, 2.75) is 185 Å². The van der Waals surface area contributed by atoms with Gasteiger partial charge in [-0.25, -0.2) is 0 Å². The summed E-state index contributed by atoms with van der Waals surface area (Å²) in [5.41, 5.74) is -4.37. The highest BCUT2D eigenvalue weighted by Crippen LogP contribution is 2.40. The van der Waals surface area contributed by atoms with Crippen LogP contribution in [-0.2, 0) is 33.2 Å². The number of hydrogen-bond acceptors (Lipinski definition) is 14. The molecule has 3 rings (SSSR count). The summed E-state index contributed by atoms with van der Waals surface area (Å²) in [4.78, 5) is 18.0. The molecule has 5 N–H and O–H groups in total. The second-order valence-electron chi connectivity index (χ2n) is 17.2. The summed E-state index contributed by atoms with van der Waals surface area (Å²) in [7, 11) is 7.12. The Morgan fingerprint density at radius 2 is 1.56 bits per heavy atom. The van der Waals surface area contributed by atoms with Gasteiger partial charge in [-0.05, 0) is 94.8 Å². The maximum absolute atomic E-state index is 14.2. The number of ether oxygens (including phenoxy) is 6. The summed E-state index contributed by atoms with van der Waals surface area (Å²) in [5, 5.41) is 58.1. The van der Waals surface area contributed by atoms with Crippen molar-refractivity contribution in [2.75, 3.05) is 34.8 Å². The maximum Gasteiger partial charge on any atom is 0.311 e. The molecule has 18 atom stereocenters. The standard InChI is InChI=1S/C38H72N2O12/c1-15-27-38(10,46)31(42)24(6)40(13)19-20(2)17-36(8,45)33(52-35-29(41)26(39(11)12)16-21(3)48-35)22(4)30(23(5)34(44)50-27)51-28-18-37(9,47-14)32(43)25(7)49-28/h20-33,35,41-43,45-46H,15-19H2,1-14H3/t20-,21-,22+,23-,24-,25+,26+,27-,28-,29+,30-,31-,32-,33-,35-,36-,37+,38-/m1/s1. The van der Waals surface area contributed by atoms with Crippen molar-refractivity contribution >= 4 is 5.97 Å². The Morgan fingerprint density at radius 3 is 2.12 bits per heavy atom. The monoisotopic (exact) mass is 749 g/mol. The van der Waals surface area contributed by atoms with Crippen LogP contribution in [0.5, 0.6) is 0 Å². The number of aliphatic hydroxyl groups excluding tert-OH is 3. The van der Waals surface area contributed by atoms with E-state index in [0.29, 0.717) is 13.0 Å². The second-order valence-corrected chi connectivity index (χ2v) is 17.2. The first-order chi connectivity index (χ1) is 23.9. The van der Waals surface area contributed by atoms with Gasteiger partial charge in [-0.2, -0.15) is 0 Å². The molecular formula is C38H72N2O12. The molecule has 0 amide bonds. The highest BCUT2D eigenvalue weighted by molar-refractivity contribution is 5.73. The van der Waals surface area contributed by atoms with E-state index in [1.165, 1.54) is 14.0 Å². The molecule has 0 aromatic rings. The predicted octanol–water partition coefficient (Wildman–Crippen LogP) is 1.90. The van der Waals surface area contributed by atoms with Crippen molar-refractivity contribution in [2.24, 2.45) is 17.8 Å². The first-order valence-electron chi connectivity index (χ1n) is 19.1. The van der Waals surface area contributed by atoms with Gasteiger partial charge in [0, 0.05) is 38.1 Å². The quantitative estimate of drug-likeness (QED) is 0.238. The molecule has 0 aliphatic carbocycles. The first kappa shape index (κ1) is 45.4. The van der Waals surface area contributed by atoms with Gasteiger partial charge in [0.15, 0.2) is 12.6 Å². The van der Waals surface area contributed by atoms with Crippen LogP contribution in [0.3, 0.4) is 0 Å². The molecule has 3 heterocycles. The first-order valence-corrected chi connectivity index (χ1v) is 19.1. The van der Waals surface area contributed by atoms with Gasteiger partial charge in [0.1, 0.15) is 30.0 Å². The van der Waals surface area contributed by atoms with Gasteiger partial charge in [0.2, 0.25) is 0 Å². The molecule has 0 bridgehead atoms. The lowest BCUT2D eigenvalue weighted by Gasteiger charge is -2.48. The molecule has 14 nitrogen and oxygen atoms in total. The Balaban J connectivity index is 2.17. The van der Waals surface area contributed by atoms with Gasteiger partial charge in [0.25, 0.3) is 0 Å². The van der Waals surface area contributed by atoms with E-state index in [1.54, 1.807) is 41.5 Å². The highest BCUT2D eigenvalue weighted by Gasteiger charge is 2.52. The van der Waals surface area contributed by atoms with E-state index < -0.39 is 96.0 Å². The van der Waals surface area contributed by atoms with E-state index in [9.17, 15) is 30.3 Å². The fourth-order valence-electron chi connectivity index (χ4n) is 8.74. The molecular weight excluding hydrogens is 676 g/mol. The van der Waals surface area contributed by atoms with Crippen molar-refractivity contribution in [3.05, 3.63) is 0 Å². The summed E-state index contributed by atoms with van der Waals surface area (Å²) in [5.74, 6) is -2.58. The van der Waals surface area contributed by atoms with Crippen LogP contribution in [0.15, 0.2) is 0 Å². The van der Waals surface area contributed by atoms with Crippen LogP contribution in [0, 0.1) is 17.8 Å². The number of likely N-dealkylation sites (N-methyl/N-ethyl adjacent to an activating group) is 2. The van der Waals surface area contributed by atoms with Crippen LogP contribution >= 0.6 is 0 Å². The summed E-state index contributed by atoms with van der Waals surface area (Å²) in [6.45, 7) is 18.0. The molecule has 0 aromatic carbocycles. The van der Waals surface area contributed by atoms with Crippen molar-refractivity contribution in [1.29, 1.82) is 0 Å². The smallest absolute Gasteiger partial charge is 0.311 e. The molecule has 52 heavy (non-hydrogen) atoms. The number of carbonyl (C=O) groups is 1. The average molecular weight is 749 g/mol. The Morgan fingerprint density at radius 1 is 0.942 bits per heavy atom. The van der Waals surface area contributed by atoms with Crippen LogP contribution in [0.2, 0.25) is 0 Å². The van der Waals surface area contributed by atoms with Gasteiger partial charge < -0.3 is 63.8 Å². The largest absolute Gasteiger partial charge is 0.459 e. The molecule has 0 aromatic heterocycles. The number of hydrogen-bond donors (Lipinski definition) is 5. The molecule has 0 spiro atoms. The van der Waals surface area contributed by atoms with Gasteiger partial charge in [-0.1, -0.05) is 20.8 Å². The van der Waals surface area contributed by atoms with Gasteiger partial charge >= 0.3 is 5.97 Å². The third-order valence-corrected chi connectivity index (χ3v) is 12.2.